The molecule has 0 bridgehead atoms. The summed E-state index contributed by atoms with van der Waals surface area (Å²) in [5.74, 6) is 0. The van der Waals surface area contributed by atoms with E-state index in [2.05, 4.69) is 46.0 Å². The summed E-state index contributed by atoms with van der Waals surface area (Å²) in [6, 6.07) is 7.17. The van der Waals surface area contributed by atoms with Crippen LogP contribution in [0.4, 0.5) is 5.69 Å². The molecule has 2 N–H and O–H groups in total. The molecular formula is C14H21BrN2O. The summed E-state index contributed by atoms with van der Waals surface area (Å²) in [6.07, 6.45) is 0.902. The van der Waals surface area contributed by atoms with Gasteiger partial charge in [0.15, 0.2) is 0 Å². The summed E-state index contributed by atoms with van der Waals surface area (Å²) in [6.45, 7) is 6.80. The van der Waals surface area contributed by atoms with Crippen LogP contribution in [0, 0.1) is 0 Å². The number of benzene rings is 1. The van der Waals surface area contributed by atoms with Crippen LogP contribution in [0.1, 0.15) is 19.4 Å². The number of ether oxygens (including phenoxy) is 1. The second kappa shape index (κ2) is 6.04. The molecule has 1 aliphatic rings. The molecule has 1 saturated heterocycles. The standard InChI is InChI=1S/C14H21BrN2O/c1-10(16)7-12-3-4-13(8-14(12)15)17-5-6-18-9-11(17)2/h3-4,8,10-11H,5-7,9,16H2,1-2H3. The molecule has 3 nitrogen and oxygen atoms in total. The Balaban J connectivity index is 2.17. The van der Waals surface area contributed by atoms with Gasteiger partial charge in [-0.05, 0) is 38.0 Å². The number of nitrogens with two attached hydrogens (primary N) is 1. The minimum atomic E-state index is 0.189. The van der Waals surface area contributed by atoms with Crippen LogP contribution < -0.4 is 10.6 Å². The van der Waals surface area contributed by atoms with Crippen LogP contribution in [-0.4, -0.2) is 31.8 Å². The average Bonchev–Trinajstić information content (AvgIpc) is 2.32. The number of halogens is 1. The summed E-state index contributed by atoms with van der Waals surface area (Å²) in [4.78, 5) is 2.39. The first-order valence-corrected chi connectivity index (χ1v) is 7.25. The first kappa shape index (κ1) is 13.8. The van der Waals surface area contributed by atoms with Crippen LogP contribution in [0.25, 0.3) is 0 Å². The Morgan fingerprint density at radius 1 is 1.56 bits per heavy atom. The van der Waals surface area contributed by atoms with E-state index in [9.17, 15) is 0 Å². The highest BCUT2D eigenvalue weighted by Crippen LogP contribution is 2.27. The Morgan fingerprint density at radius 2 is 2.33 bits per heavy atom. The van der Waals surface area contributed by atoms with Gasteiger partial charge < -0.3 is 15.4 Å². The molecule has 0 aromatic heterocycles. The zero-order chi connectivity index (χ0) is 13.1. The molecule has 18 heavy (non-hydrogen) atoms. The number of rotatable bonds is 3. The van der Waals surface area contributed by atoms with Gasteiger partial charge in [0.25, 0.3) is 0 Å². The van der Waals surface area contributed by atoms with E-state index in [0.717, 1.165) is 30.7 Å². The SMILES string of the molecule is CC(N)Cc1ccc(N2CCOCC2C)cc1Br. The third-order valence-corrected chi connectivity index (χ3v) is 4.02. The second-order valence-electron chi connectivity index (χ2n) is 5.07. The lowest BCUT2D eigenvalue weighted by Gasteiger charge is -2.35. The van der Waals surface area contributed by atoms with Gasteiger partial charge in [-0.1, -0.05) is 22.0 Å². The molecule has 1 aromatic rings. The zero-order valence-corrected chi connectivity index (χ0v) is 12.6. The molecule has 2 atom stereocenters. The van der Waals surface area contributed by atoms with Gasteiger partial charge in [0.2, 0.25) is 0 Å². The van der Waals surface area contributed by atoms with Crippen LogP contribution in [0.2, 0.25) is 0 Å². The number of hydrogen-bond acceptors (Lipinski definition) is 3. The lowest BCUT2D eigenvalue weighted by Crippen LogP contribution is -2.43. The zero-order valence-electron chi connectivity index (χ0n) is 11.0. The van der Waals surface area contributed by atoms with Crippen molar-refractivity contribution >= 4 is 21.6 Å². The van der Waals surface area contributed by atoms with E-state index in [-0.39, 0.29) is 6.04 Å². The molecule has 0 saturated carbocycles. The van der Waals surface area contributed by atoms with Gasteiger partial charge in [0.05, 0.1) is 13.2 Å². The number of nitrogens with zero attached hydrogens (tertiary/aromatic N) is 1. The molecule has 1 aromatic carbocycles. The normalized spacial score (nSPS) is 22.0. The molecule has 0 radical (unpaired) electrons. The van der Waals surface area contributed by atoms with E-state index in [1.165, 1.54) is 11.3 Å². The highest BCUT2D eigenvalue weighted by molar-refractivity contribution is 9.10. The maximum atomic E-state index is 5.85. The second-order valence-corrected chi connectivity index (χ2v) is 5.93. The van der Waals surface area contributed by atoms with Crippen molar-refractivity contribution in [1.29, 1.82) is 0 Å². The van der Waals surface area contributed by atoms with Crippen LogP contribution >= 0.6 is 15.9 Å². The minimum Gasteiger partial charge on any atom is -0.377 e. The first-order valence-electron chi connectivity index (χ1n) is 6.46. The van der Waals surface area contributed by atoms with Gasteiger partial charge in [-0.2, -0.15) is 0 Å². The van der Waals surface area contributed by atoms with Crippen molar-refractivity contribution in [2.24, 2.45) is 5.73 Å². The van der Waals surface area contributed by atoms with E-state index in [1.807, 2.05) is 6.92 Å². The van der Waals surface area contributed by atoms with Gasteiger partial charge in [-0.25, -0.2) is 0 Å². The molecule has 0 spiro atoms. The van der Waals surface area contributed by atoms with E-state index in [1.54, 1.807) is 0 Å². The Hall–Kier alpha value is -0.580. The van der Waals surface area contributed by atoms with Crippen LogP contribution in [-0.2, 0) is 11.2 Å². The fourth-order valence-corrected chi connectivity index (χ4v) is 2.87. The minimum absolute atomic E-state index is 0.189. The Labute approximate surface area is 117 Å². The molecule has 2 unspecified atom stereocenters. The van der Waals surface area contributed by atoms with Crippen LogP contribution in [0.5, 0.6) is 0 Å². The van der Waals surface area contributed by atoms with Crippen molar-refractivity contribution in [3.63, 3.8) is 0 Å². The van der Waals surface area contributed by atoms with E-state index in [0.29, 0.717) is 6.04 Å². The topological polar surface area (TPSA) is 38.5 Å². The highest BCUT2D eigenvalue weighted by atomic mass is 79.9. The smallest absolute Gasteiger partial charge is 0.0668 e. The maximum Gasteiger partial charge on any atom is 0.0668 e. The summed E-state index contributed by atoms with van der Waals surface area (Å²) in [7, 11) is 0. The Morgan fingerprint density at radius 3 is 2.94 bits per heavy atom. The molecule has 4 heteroatoms. The van der Waals surface area contributed by atoms with Gasteiger partial charge in [-0.3, -0.25) is 0 Å². The van der Waals surface area contributed by atoms with Crippen LogP contribution in [0.15, 0.2) is 22.7 Å². The van der Waals surface area contributed by atoms with E-state index >= 15 is 0 Å². The van der Waals surface area contributed by atoms with Gasteiger partial charge in [0.1, 0.15) is 0 Å². The predicted molar refractivity (Wildman–Crippen MR) is 79.1 cm³/mol. The highest BCUT2D eigenvalue weighted by Gasteiger charge is 2.19. The van der Waals surface area contributed by atoms with Gasteiger partial charge in [-0.15, -0.1) is 0 Å². The third kappa shape index (κ3) is 3.25. The number of morpholine rings is 1. The average molecular weight is 313 g/mol. The molecule has 100 valence electrons. The Bertz CT molecular complexity index is 409. The maximum absolute atomic E-state index is 5.85. The fraction of sp³-hybridized carbons (Fsp3) is 0.571. The Kier molecular flexibility index (Phi) is 4.65. The largest absolute Gasteiger partial charge is 0.377 e. The number of anilines is 1. The molecule has 0 aliphatic carbocycles. The van der Waals surface area contributed by atoms with Gasteiger partial charge >= 0.3 is 0 Å². The number of hydrogen-bond donors (Lipinski definition) is 1. The fourth-order valence-electron chi connectivity index (χ4n) is 2.34. The molecule has 0 amide bonds. The summed E-state index contributed by atoms with van der Waals surface area (Å²) >= 11 is 3.65. The lowest BCUT2D eigenvalue weighted by molar-refractivity contribution is 0.0989. The molecule has 2 rings (SSSR count). The van der Waals surface area contributed by atoms with Crippen molar-refractivity contribution in [3.05, 3.63) is 28.2 Å². The van der Waals surface area contributed by atoms with Crippen molar-refractivity contribution < 1.29 is 4.74 Å². The van der Waals surface area contributed by atoms with Crippen molar-refractivity contribution in [2.45, 2.75) is 32.4 Å². The van der Waals surface area contributed by atoms with Crippen molar-refractivity contribution in [2.75, 3.05) is 24.7 Å². The van der Waals surface area contributed by atoms with Crippen molar-refractivity contribution in [1.82, 2.24) is 0 Å². The first-order chi connectivity index (χ1) is 8.58. The monoisotopic (exact) mass is 312 g/mol. The third-order valence-electron chi connectivity index (χ3n) is 3.28. The molecule has 1 fully saturated rings. The van der Waals surface area contributed by atoms with Crippen LogP contribution in [0.3, 0.4) is 0 Å². The summed E-state index contributed by atoms with van der Waals surface area (Å²) in [5.41, 5.74) is 8.38. The van der Waals surface area contributed by atoms with E-state index < -0.39 is 0 Å². The van der Waals surface area contributed by atoms with Crippen molar-refractivity contribution in [3.8, 4) is 0 Å². The molecule has 1 heterocycles. The predicted octanol–water partition coefficient (Wildman–Crippen LogP) is 2.56. The summed E-state index contributed by atoms with van der Waals surface area (Å²) < 4.78 is 6.62. The molecule has 1 aliphatic heterocycles. The molecular weight excluding hydrogens is 292 g/mol. The van der Waals surface area contributed by atoms with Gasteiger partial charge in [0, 0.05) is 28.8 Å². The quantitative estimate of drug-likeness (QED) is 0.932. The summed E-state index contributed by atoms with van der Waals surface area (Å²) in [5, 5.41) is 0. The lowest BCUT2D eigenvalue weighted by atomic mass is 10.1. The van der Waals surface area contributed by atoms with E-state index in [4.69, 9.17) is 10.5 Å².